The highest BCUT2D eigenvalue weighted by atomic mass is 16.1. The Morgan fingerprint density at radius 3 is 2.75 bits per heavy atom. The van der Waals surface area contributed by atoms with Gasteiger partial charge >= 0.3 is 0 Å². The number of fused-ring (bicyclic) bond motifs is 3. The van der Waals surface area contributed by atoms with Gasteiger partial charge in [-0.25, -0.2) is 4.98 Å². The standard InChI is InChI=1S/C23H26N4O/c24-22(28)23(13-7-3-8-14-23)12-6-1-2-9-15-27-17-26-20-16-25-19-11-5-4-10-18(19)21(20)27/h3-5,7-8,10-11,13,16-17H,1-2,6,9,12,14-15H2,(H2,24,28). The van der Waals surface area contributed by atoms with Gasteiger partial charge in [-0.1, -0.05) is 61.8 Å². The Morgan fingerprint density at radius 1 is 1.07 bits per heavy atom. The second kappa shape index (κ2) is 7.97. The van der Waals surface area contributed by atoms with Crippen LogP contribution in [0.3, 0.4) is 0 Å². The zero-order valence-electron chi connectivity index (χ0n) is 16.1. The summed E-state index contributed by atoms with van der Waals surface area (Å²) in [5.74, 6) is -0.210. The lowest BCUT2D eigenvalue weighted by atomic mass is 9.76. The van der Waals surface area contributed by atoms with Crippen LogP contribution < -0.4 is 5.73 Å². The maximum Gasteiger partial charge on any atom is 0.227 e. The fourth-order valence-electron chi connectivity index (χ4n) is 4.10. The predicted molar refractivity (Wildman–Crippen MR) is 113 cm³/mol. The largest absolute Gasteiger partial charge is 0.369 e. The average Bonchev–Trinajstić information content (AvgIpc) is 3.15. The third kappa shape index (κ3) is 3.57. The molecule has 0 saturated carbocycles. The molecule has 144 valence electrons. The highest BCUT2D eigenvalue weighted by molar-refractivity contribution is 6.01. The van der Waals surface area contributed by atoms with E-state index in [9.17, 15) is 4.79 Å². The topological polar surface area (TPSA) is 73.8 Å². The second-order valence-corrected chi connectivity index (χ2v) is 7.62. The van der Waals surface area contributed by atoms with Gasteiger partial charge in [-0.15, -0.1) is 0 Å². The normalized spacial score (nSPS) is 18.9. The minimum Gasteiger partial charge on any atom is -0.369 e. The molecule has 1 unspecified atom stereocenters. The van der Waals surface area contributed by atoms with Crippen molar-refractivity contribution in [3.05, 3.63) is 61.1 Å². The Bertz CT molecular complexity index is 1050. The molecule has 0 saturated heterocycles. The van der Waals surface area contributed by atoms with E-state index >= 15 is 0 Å². The molecule has 0 bridgehead atoms. The molecule has 3 aromatic rings. The van der Waals surface area contributed by atoms with Crippen molar-refractivity contribution in [1.82, 2.24) is 14.5 Å². The number of hydrogen-bond donors (Lipinski definition) is 1. The molecular formula is C23H26N4O. The van der Waals surface area contributed by atoms with Crippen LogP contribution in [0, 0.1) is 5.41 Å². The van der Waals surface area contributed by atoms with Gasteiger partial charge in [0.2, 0.25) is 5.91 Å². The molecule has 2 heterocycles. The summed E-state index contributed by atoms with van der Waals surface area (Å²) >= 11 is 0. The van der Waals surface area contributed by atoms with Gasteiger partial charge in [0, 0.05) is 11.9 Å². The van der Waals surface area contributed by atoms with Crippen LogP contribution in [0.4, 0.5) is 0 Å². The number of aromatic nitrogens is 3. The summed E-state index contributed by atoms with van der Waals surface area (Å²) in [5, 5.41) is 1.15. The molecule has 0 radical (unpaired) electrons. The van der Waals surface area contributed by atoms with E-state index in [2.05, 4.69) is 20.6 Å². The van der Waals surface area contributed by atoms with Gasteiger partial charge in [0.1, 0.15) is 5.52 Å². The first-order valence-corrected chi connectivity index (χ1v) is 10.0. The van der Waals surface area contributed by atoms with Crippen LogP contribution in [-0.4, -0.2) is 20.4 Å². The molecule has 2 aromatic heterocycles. The SMILES string of the molecule is NC(=O)C1(CCCCCCn2cnc3cnc4ccccc4c32)C=CC=CC1. The number of imidazole rings is 1. The van der Waals surface area contributed by atoms with Crippen molar-refractivity contribution in [1.29, 1.82) is 0 Å². The molecule has 0 fully saturated rings. The molecule has 1 aliphatic carbocycles. The summed E-state index contributed by atoms with van der Waals surface area (Å²) in [4.78, 5) is 20.9. The fourth-order valence-corrected chi connectivity index (χ4v) is 4.10. The number of pyridine rings is 1. The van der Waals surface area contributed by atoms with Gasteiger partial charge in [0.25, 0.3) is 0 Å². The number of benzene rings is 1. The van der Waals surface area contributed by atoms with Crippen molar-refractivity contribution in [2.24, 2.45) is 11.1 Å². The fraction of sp³-hybridized carbons (Fsp3) is 0.348. The first-order chi connectivity index (χ1) is 13.7. The van der Waals surface area contributed by atoms with E-state index in [0.717, 1.165) is 67.0 Å². The van der Waals surface area contributed by atoms with Crippen LogP contribution in [0.1, 0.15) is 38.5 Å². The van der Waals surface area contributed by atoms with Crippen LogP contribution >= 0.6 is 0 Å². The molecule has 0 aliphatic heterocycles. The van der Waals surface area contributed by atoms with E-state index in [1.807, 2.05) is 55.0 Å². The molecule has 28 heavy (non-hydrogen) atoms. The van der Waals surface area contributed by atoms with Crippen molar-refractivity contribution >= 4 is 27.8 Å². The van der Waals surface area contributed by atoms with E-state index in [1.165, 1.54) is 0 Å². The molecule has 0 spiro atoms. The van der Waals surface area contributed by atoms with E-state index in [1.54, 1.807) is 0 Å². The number of amides is 1. The second-order valence-electron chi connectivity index (χ2n) is 7.62. The number of carbonyl (C=O) groups is 1. The predicted octanol–water partition coefficient (Wildman–Crippen LogP) is 4.52. The van der Waals surface area contributed by atoms with E-state index < -0.39 is 5.41 Å². The third-order valence-corrected chi connectivity index (χ3v) is 5.76. The zero-order valence-corrected chi connectivity index (χ0v) is 16.1. The lowest BCUT2D eigenvalue weighted by molar-refractivity contribution is -0.125. The Morgan fingerprint density at radius 2 is 1.93 bits per heavy atom. The monoisotopic (exact) mass is 374 g/mol. The summed E-state index contributed by atoms with van der Waals surface area (Å²) in [7, 11) is 0. The van der Waals surface area contributed by atoms with E-state index in [0.29, 0.717) is 0 Å². The molecule has 5 nitrogen and oxygen atoms in total. The molecule has 5 heteroatoms. The number of hydrogen-bond acceptors (Lipinski definition) is 3. The first-order valence-electron chi connectivity index (χ1n) is 10.0. The van der Waals surface area contributed by atoms with Crippen molar-refractivity contribution in [3.63, 3.8) is 0 Å². The first kappa shape index (κ1) is 18.4. The Kier molecular flexibility index (Phi) is 5.24. The minimum absolute atomic E-state index is 0.210. The minimum atomic E-state index is -0.485. The van der Waals surface area contributed by atoms with Crippen molar-refractivity contribution in [2.45, 2.75) is 45.1 Å². The maximum atomic E-state index is 11.9. The number of carbonyl (C=O) groups excluding carboxylic acids is 1. The number of aryl methyl sites for hydroxylation is 1. The van der Waals surface area contributed by atoms with Crippen LogP contribution in [0.2, 0.25) is 0 Å². The van der Waals surface area contributed by atoms with Crippen LogP contribution in [0.25, 0.3) is 21.9 Å². The van der Waals surface area contributed by atoms with Crippen molar-refractivity contribution < 1.29 is 4.79 Å². The molecular weight excluding hydrogens is 348 g/mol. The number of nitrogens with zero attached hydrogens (tertiary/aromatic N) is 3. The quantitative estimate of drug-likeness (QED) is 0.589. The van der Waals surface area contributed by atoms with Crippen LogP contribution in [0.15, 0.2) is 61.1 Å². The third-order valence-electron chi connectivity index (χ3n) is 5.76. The summed E-state index contributed by atoms with van der Waals surface area (Å²) in [6.07, 6.45) is 17.6. The Labute approximate surface area is 165 Å². The van der Waals surface area contributed by atoms with E-state index in [4.69, 9.17) is 5.73 Å². The summed E-state index contributed by atoms with van der Waals surface area (Å²) in [6.45, 7) is 0.939. The molecule has 4 rings (SSSR count). The summed E-state index contributed by atoms with van der Waals surface area (Å²) in [6, 6.07) is 8.20. The maximum absolute atomic E-state index is 11.9. The van der Waals surface area contributed by atoms with Gasteiger partial charge in [0.05, 0.1) is 29.0 Å². The van der Waals surface area contributed by atoms with Crippen molar-refractivity contribution in [2.75, 3.05) is 0 Å². The van der Waals surface area contributed by atoms with Gasteiger partial charge in [-0.05, 0) is 25.3 Å². The number of unbranched alkanes of at least 4 members (excludes halogenated alkanes) is 3. The highest BCUT2D eigenvalue weighted by Crippen LogP contribution is 2.33. The summed E-state index contributed by atoms with van der Waals surface area (Å²) in [5.41, 5.74) is 8.29. The molecule has 1 amide bonds. The lowest BCUT2D eigenvalue weighted by Crippen LogP contribution is -2.35. The molecule has 2 N–H and O–H groups in total. The molecule has 1 atom stereocenters. The Hall–Kier alpha value is -2.95. The Balaban J connectivity index is 1.32. The average molecular weight is 374 g/mol. The number of para-hydroxylation sites is 1. The zero-order chi connectivity index (χ0) is 19.4. The molecule has 1 aromatic carbocycles. The number of nitrogens with two attached hydrogens (primary N) is 1. The molecule has 1 aliphatic rings. The van der Waals surface area contributed by atoms with Gasteiger partial charge in [-0.2, -0.15) is 0 Å². The number of rotatable bonds is 8. The van der Waals surface area contributed by atoms with E-state index in [-0.39, 0.29) is 5.91 Å². The smallest absolute Gasteiger partial charge is 0.227 e. The van der Waals surface area contributed by atoms with Gasteiger partial charge in [0.15, 0.2) is 0 Å². The number of primary amides is 1. The lowest BCUT2D eigenvalue weighted by Gasteiger charge is -2.27. The van der Waals surface area contributed by atoms with Gasteiger partial charge < -0.3 is 10.3 Å². The summed E-state index contributed by atoms with van der Waals surface area (Å²) < 4.78 is 2.24. The van der Waals surface area contributed by atoms with Crippen molar-refractivity contribution in [3.8, 4) is 0 Å². The van der Waals surface area contributed by atoms with Gasteiger partial charge in [-0.3, -0.25) is 9.78 Å². The van der Waals surface area contributed by atoms with Crippen LogP contribution in [0.5, 0.6) is 0 Å². The van der Waals surface area contributed by atoms with Crippen LogP contribution in [-0.2, 0) is 11.3 Å². The number of allylic oxidation sites excluding steroid dienone is 3. The highest BCUT2D eigenvalue weighted by Gasteiger charge is 2.32.